The van der Waals surface area contributed by atoms with Crippen LogP contribution >= 0.6 is 0 Å². The Bertz CT molecular complexity index is 859. The smallest absolute Gasteiger partial charge is 0.278 e. The van der Waals surface area contributed by atoms with E-state index in [1.807, 2.05) is 34.9 Å². The van der Waals surface area contributed by atoms with Crippen LogP contribution in [0, 0.1) is 0 Å². The predicted molar refractivity (Wildman–Crippen MR) is 103 cm³/mol. The summed E-state index contributed by atoms with van der Waals surface area (Å²) in [6, 6.07) is 8.10. The summed E-state index contributed by atoms with van der Waals surface area (Å²) in [6.45, 7) is 6.44. The highest BCUT2D eigenvalue weighted by Crippen LogP contribution is 2.32. The first-order chi connectivity index (χ1) is 13.0. The van der Waals surface area contributed by atoms with Crippen LogP contribution in [0.5, 0.6) is 0 Å². The van der Waals surface area contributed by atoms with Crippen LogP contribution in [-0.2, 0) is 11.2 Å². The summed E-state index contributed by atoms with van der Waals surface area (Å²) in [5.74, 6) is 0.721. The Balaban J connectivity index is 1.48. The van der Waals surface area contributed by atoms with Crippen molar-refractivity contribution < 1.29 is 9.59 Å². The van der Waals surface area contributed by atoms with E-state index >= 15 is 0 Å². The molecule has 2 aliphatic heterocycles. The average Bonchev–Trinajstić information content (AvgIpc) is 3.03. The maximum atomic E-state index is 13.0. The molecule has 1 aromatic carbocycles. The van der Waals surface area contributed by atoms with Crippen LogP contribution < -0.4 is 9.80 Å². The maximum absolute atomic E-state index is 13.0. The van der Waals surface area contributed by atoms with Gasteiger partial charge in [-0.25, -0.2) is 9.97 Å². The predicted octanol–water partition coefficient (Wildman–Crippen LogP) is 1.74. The second-order valence-corrected chi connectivity index (χ2v) is 7.11. The van der Waals surface area contributed by atoms with E-state index in [4.69, 9.17) is 0 Å². The molecule has 1 saturated heterocycles. The topological polar surface area (TPSA) is 69.6 Å². The molecular formula is C20H23N5O2. The van der Waals surface area contributed by atoms with E-state index in [9.17, 15) is 9.59 Å². The number of rotatable bonds is 2. The number of amides is 2. The molecule has 1 fully saturated rings. The minimum atomic E-state index is -0.118. The van der Waals surface area contributed by atoms with Gasteiger partial charge in [0.1, 0.15) is 11.5 Å². The Kier molecular flexibility index (Phi) is 4.51. The van der Waals surface area contributed by atoms with E-state index in [0.29, 0.717) is 18.8 Å². The lowest BCUT2D eigenvalue weighted by Gasteiger charge is -2.34. The van der Waals surface area contributed by atoms with Crippen molar-refractivity contribution in [3.05, 3.63) is 47.9 Å². The molecule has 27 heavy (non-hydrogen) atoms. The molecule has 0 saturated carbocycles. The third-order valence-corrected chi connectivity index (χ3v) is 5.33. The number of piperazine rings is 1. The molecule has 2 amide bonds. The highest BCUT2D eigenvalue weighted by Gasteiger charge is 2.32. The monoisotopic (exact) mass is 365 g/mol. The molecule has 0 aliphatic carbocycles. The molecule has 0 radical (unpaired) electrons. The lowest BCUT2D eigenvalue weighted by Crippen LogP contribution is -2.48. The third kappa shape index (κ3) is 3.25. The van der Waals surface area contributed by atoms with Crippen molar-refractivity contribution in [3.8, 4) is 0 Å². The van der Waals surface area contributed by atoms with Gasteiger partial charge in [-0.2, -0.15) is 0 Å². The summed E-state index contributed by atoms with van der Waals surface area (Å²) < 4.78 is 0. The van der Waals surface area contributed by atoms with Crippen molar-refractivity contribution >= 4 is 23.3 Å². The van der Waals surface area contributed by atoms with Crippen LogP contribution in [0.25, 0.3) is 0 Å². The van der Waals surface area contributed by atoms with Crippen LogP contribution in [0.3, 0.4) is 0 Å². The number of para-hydroxylation sites is 1. The molecule has 2 aromatic rings. The van der Waals surface area contributed by atoms with Crippen molar-refractivity contribution in [2.45, 2.75) is 26.3 Å². The van der Waals surface area contributed by atoms with Crippen LogP contribution in [-0.4, -0.2) is 58.9 Å². The Labute approximate surface area is 158 Å². The molecule has 1 aromatic heterocycles. The summed E-state index contributed by atoms with van der Waals surface area (Å²) in [6.07, 6.45) is 4.07. The minimum absolute atomic E-state index is 0.0988. The van der Waals surface area contributed by atoms with Gasteiger partial charge >= 0.3 is 0 Å². The van der Waals surface area contributed by atoms with Crippen LogP contribution in [0.2, 0.25) is 0 Å². The number of hydrogen-bond acceptors (Lipinski definition) is 5. The zero-order valence-corrected chi connectivity index (χ0v) is 15.6. The summed E-state index contributed by atoms with van der Waals surface area (Å²) in [7, 11) is 0. The van der Waals surface area contributed by atoms with Gasteiger partial charge in [0.2, 0.25) is 5.91 Å². The molecule has 0 bridgehead atoms. The molecule has 1 unspecified atom stereocenters. The molecule has 1 atom stereocenters. The summed E-state index contributed by atoms with van der Waals surface area (Å²) in [4.78, 5) is 39.0. The summed E-state index contributed by atoms with van der Waals surface area (Å²) in [5.41, 5.74) is 2.50. The van der Waals surface area contributed by atoms with Crippen molar-refractivity contribution in [2.24, 2.45) is 0 Å². The zero-order valence-electron chi connectivity index (χ0n) is 15.6. The number of fused-ring (bicyclic) bond motifs is 1. The van der Waals surface area contributed by atoms with Crippen molar-refractivity contribution in [1.82, 2.24) is 14.9 Å². The largest absolute Gasteiger partial charge is 0.352 e. The Morgan fingerprint density at radius 3 is 2.44 bits per heavy atom. The van der Waals surface area contributed by atoms with Crippen LogP contribution in [0.1, 0.15) is 29.9 Å². The highest BCUT2D eigenvalue weighted by molar-refractivity contribution is 6.06. The van der Waals surface area contributed by atoms with Gasteiger partial charge in [0.25, 0.3) is 5.91 Å². The first kappa shape index (κ1) is 17.5. The number of nitrogens with zero attached hydrogens (tertiary/aromatic N) is 5. The number of carbonyl (C=O) groups excluding carboxylic acids is 2. The van der Waals surface area contributed by atoms with Gasteiger partial charge in [0.15, 0.2) is 0 Å². The number of benzene rings is 1. The Hall–Kier alpha value is -2.96. The lowest BCUT2D eigenvalue weighted by molar-refractivity contribution is -0.129. The number of hydrogen-bond donors (Lipinski definition) is 0. The maximum Gasteiger partial charge on any atom is 0.278 e. The normalized spacial score (nSPS) is 19.2. The van der Waals surface area contributed by atoms with E-state index in [1.165, 1.54) is 5.56 Å². The van der Waals surface area contributed by atoms with E-state index in [1.54, 1.807) is 19.3 Å². The van der Waals surface area contributed by atoms with E-state index in [-0.39, 0.29) is 17.9 Å². The molecule has 7 nitrogen and oxygen atoms in total. The number of carbonyl (C=O) groups is 2. The Morgan fingerprint density at radius 1 is 1.04 bits per heavy atom. The van der Waals surface area contributed by atoms with Crippen LogP contribution in [0.4, 0.5) is 11.5 Å². The van der Waals surface area contributed by atoms with Crippen LogP contribution in [0.15, 0.2) is 36.7 Å². The van der Waals surface area contributed by atoms with E-state index in [0.717, 1.165) is 31.0 Å². The molecule has 3 heterocycles. The lowest BCUT2D eigenvalue weighted by atomic mass is 10.1. The third-order valence-electron chi connectivity index (χ3n) is 5.33. The molecule has 7 heteroatoms. The highest BCUT2D eigenvalue weighted by atomic mass is 16.2. The second kappa shape index (κ2) is 6.98. The fourth-order valence-electron chi connectivity index (χ4n) is 3.84. The van der Waals surface area contributed by atoms with Gasteiger partial charge in [-0.1, -0.05) is 18.2 Å². The quantitative estimate of drug-likeness (QED) is 0.811. The molecular weight excluding hydrogens is 342 g/mol. The molecule has 4 rings (SSSR count). The molecule has 2 aliphatic rings. The summed E-state index contributed by atoms with van der Waals surface area (Å²) in [5, 5.41) is 0. The van der Waals surface area contributed by atoms with Gasteiger partial charge in [-0.3, -0.25) is 9.59 Å². The Morgan fingerprint density at radius 2 is 1.78 bits per heavy atom. The van der Waals surface area contributed by atoms with Crippen molar-refractivity contribution in [2.75, 3.05) is 36.0 Å². The van der Waals surface area contributed by atoms with Crippen molar-refractivity contribution in [1.29, 1.82) is 0 Å². The number of anilines is 2. The first-order valence-electron chi connectivity index (χ1n) is 9.28. The van der Waals surface area contributed by atoms with Gasteiger partial charge in [-0.15, -0.1) is 0 Å². The average molecular weight is 365 g/mol. The molecule has 140 valence electrons. The number of aromatic nitrogens is 2. The molecule has 0 spiro atoms. The first-order valence-corrected chi connectivity index (χ1v) is 9.28. The van der Waals surface area contributed by atoms with Gasteiger partial charge in [-0.05, 0) is 25.0 Å². The van der Waals surface area contributed by atoms with Gasteiger partial charge < -0.3 is 14.7 Å². The van der Waals surface area contributed by atoms with E-state index < -0.39 is 0 Å². The fourth-order valence-corrected chi connectivity index (χ4v) is 3.84. The van der Waals surface area contributed by atoms with Crippen molar-refractivity contribution in [3.63, 3.8) is 0 Å². The molecule has 0 N–H and O–H groups in total. The fraction of sp³-hybridized carbons (Fsp3) is 0.400. The van der Waals surface area contributed by atoms with Gasteiger partial charge in [0, 0.05) is 44.8 Å². The summed E-state index contributed by atoms with van der Waals surface area (Å²) >= 11 is 0. The SMILES string of the molecule is CC(=O)N1CCN(c2cnc(C(=O)N3c4ccccc4CC3C)cn2)CC1. The standard InChI is InChI=1S/C20H23N5O2/c1-14-11-16-5-3-4-6-18(16)25(14)20(27)17-12-22-19(13-21-17)24-9-7-23(8-10-24)15(2)26/h3-6,12-14H,7-11H2,1-2H3. The minimum Gasteiger partial charge on any atom is -0.352 e. The zero-order chi connectivity index (χ0) is 19.0. The van der Waals surface area contributed by atoms with E-state index in [2.05, 4.69) is 20.9 Å². The second-order valence-electron chi connectivity index (χ2n) is 7.11. The van der Waals surface area contributed by atoms with Gasteiger partial charge in [0.05, 0.1) is 12.4 Å².